The van der Waals surface area contributed by atoms with Crippen molar-refractivity contribution < 1.29 is 4.79 Å². The molecule has 0 aliphatic heterocycles. The topological polar surface area (TPSA) is 67.2 Å². The summed E-state index contributed by atoms with van der Waals surface area (Å²) in [6.45, 7) is 0. The van der Waals surface area contributed by atoms with Crippen LogP contribution in [0.1, 0.15) is 0 Å². The fourth-order valence-corrected chi connectivity index (χ4v) is 1.43. The number of para-hydroxylation sites is 1. The number of anilines is 1. The lowest BCUT2D eigenvalue weighted by molar-refractivity contribution is 0.250. The molecule has 4 nitrogen and oxygen atoms in total. The van der Waals surface area contributed by atoms with Gasteiger partial charge in [0.1, 0.15) is 0 Å². The summed E-state index contributed by atoms with van der Waals surface area (Å²) in [5.41, 5.74) is 10.8. The molecule has 0 heterocycles. The Hall–Kier alpha value is -1.36. The van der Waals surface area contributed by atoms with Crippen LogP contribution in [0.3, 0.4) is 0 Å². The van der Waals surface area contributed by atoms with Gasteiger partial charge >= 0.3 is 6.03 Å². The van der Waals surface area contributed by atoms with Crippen LogP contribution in [0, 0.1) is 0 Å². The summed E-state index contributed by atoms with van der Waals surface area (Å²) in [7, 11) is 0. The van der Waals surface area contributed by atoms with Gasteiger partial charge in [0.25, 0.3) is 0 Å². The Morgan fingerprint density at radius 2 is 2.15 bits per heavy atom. The lowest BCUT2D eigenvalue weighted by Gasteiger charge is -2.09. The van der Waals surface area contributed by atoms with Crippen molar-refractivity contribution in [1.29, 1.82) is 0 Å². The number of nitrogens with two attached hydrogens (primary N) is 1. The lowest BCUT2D eigenvalue weighted by atomic mass is 10.3. The maximum absolute atomic E-state index is 10.4. The number of primary amides is 1. The van der Waals surface area contributed by atoms with E-state index in [1.54, 1.807) is 11.8 Å². The van der Waals surface area contributed by atoms with Crippen LogP contribution in [0.2, 0.25) is 0 Å². The molecule has 0 aliphatic carbocycles. The van der Waals surface area contributed by atoms with E-state index in [4.69, 9.17) is 5.73 Å². The minimum absolute atomic E-state index is 0.601. The van der Waals surface area contributed by atoms with E-state index in [0.717, 1.165) is 10.6 Å². The molecule has 0 atom stereocenters. The molecule has 5 heteroatoms. The number of urea groups is 1. The van der Waals surface area contributed by atoms with Gasteiger partial charge in [0.05, 0.1) is 5.69 Å². The second-order valence-corrected chi connectivity index (χ2v) is 3.16. The van der Waals surface area contributed by atoms with Gasteiger partial charge in [-0.3, -0.25) is 10.9 Å². The number of hydrogen-bond acceptors (Lipinski definition) is 3. The number of hydrazine groups is 1. The van der Waals surface area contributed by atoms with E-state index in [0.29, 0.717) is 0 Å². The molecule has 1 aromatic rings. The van der Waals surface area contributed by atoms with Gasteiger partial charge in [0.15, 0.2) is 0 Å². The quantitative estimate of drug-likeness (QED) is 0.507. The highest BCUT2D eigenvalue weighted by atomic mass is 32.2. The highest BCUT2D eigenvalue weighted by molar-refractivity contribution is 7.98. The molecule has 0 aromatic heterocycles. The normalized spacial score (nSPS) is 9.31. The summed E-state index contributed by atoms with van der Waals surface area (Å²) >= 11 is 1.59. The molecule has 0 spiro atoms. The molecule has 0 radical (unpaired) electrons. The van der Waals surface area contributed by atoms with E-state index >= 15 is 0 Å². The van der Waals surface area contributed by atoms with Crippen molar-refractivity contribution in [2.45, 2.75) is 4.90 Å². The molecule has 13 heavy (non-hydrogen) atoms. The highest BCUT2D eigenvalue weighted by Crippen LogP contribution is 2.23. The maximum atomic E-state index is 10.4. The van der Waals surface area contributed by atoms with Crippen LogP contribution in [-0.2, 0) is 0 Å². The van der Waals surface area contributed by atoms with Gasteiger partial charge in [-0.2, -0.15) is 0 Å². The molecule has 1 aromatic carbocycles. The molecule has 4 N–H and O–H groups in total. The average molecular weight is 197 g/mol. The number of rotatable bonds is 3. The molecule has 70 valence electrons. The van der Waals surface area contributed by atoms with Crippen LogP contribution in [0.25, 0.3) is 0 Å². The summed E-state index contributed by atoms with van der Waals surface area (Å²) in [4.78, 5) is 11.5. The van der Waals surface area contributed by atoms with Gasteiger partial charge in [0, 0.05) is 4.90 Å². The maximum Gasteiger partial charge on any atom is 0.330 e. The van der Waals surface area contributed by atoms with Gasteiger partial charge in [-0.25, -0.2) is 4.79 Å². The zero-order valence-electron chi connectivity index (χ0n) is 7.20. The number of hydrogen-bond donors (Lipinski definition) is 3. The third kappa shape index (κ3) is 2.87. The minimum atomic E-state index is -0.601. The van der Waals surface area contributed by atoms with E-state index in [1.165, 1.54) is 0 Å². The van der Waals surface area contributed by atoms with Gasteiger partial charge in [-0.15, -0.1) is 11.8 Å². The van der Waals surface area contributed by atoms with Crippen molar-refractivity contribution in [1.82, 2.24) is 5.43 Å². The monoisotopic (exact) mass is 197 g/mol. The number of amides is 2. The van der Waals surface area contributed by atoms with Crippen molar-refractivity contribution in [2.24, 2.45) is 5.73 Å². The highest BCUT2D eigenvalue weighted by Gasteiger charge is 1.98. The minimum Gasteiger partial charge on any atom is -0.350 e. The fourth-order valence-electron chi connectivity index (χ4n) is 0.877. The molecule has 1 rings (SSSR count). The van der Waals surface area contributed by atoms with E-state index in [1.807, 2.05) is 30.5 Å². The van der Waals surface area contributed by atoms with E-state index in [9.17, 15) is 4.79 Å². The summed E-state index contributed by atoms with van der Waals surface area (Å²) < 4.78 is 0. The molecular formula is C8H11N3OS. The Labute approximate surface area is 80.9 Å². The number of thioether (sulfide) groups is 1. The predicted octanol–water partition coefficient (Wildman–Crippen LogP) is 1.40. The van der Waals surface area contributed by atoms with E-state index < -0.39 is 6.03 Å². The number of nitrogens with one attached hydrogen (secondary N) is 2. The second kappa shape index (κ2) is 4.61. The Kier molecular flexibility index (Phi) is 3.45. The lowest BCUT2D eigenvalue weighted by Crippen LogP contribution is -2.34. The first kappa shape index (κ1) is 9.73. The van der Waals surface area contributed by atoms with E-state index in [-0.39, 0.29) is 0 Å². The Morgan fingerprint density at radius 3 is 2.77 bits per heavy atom. The Morgan fingerprint density at radius 1 is 1.46 bits per heavy atom. The van der Waals surface area contributed by atoms with E-state index in [2.05, 4.69) is 10.9 Å². The van der Waals surface area contributed by atoms with Gasteiger partial charge < -0.3 is 5.73 Å². The summed E-state index contributed by atoms with van der Waals surface area (Å²) in [5, 5.41) is 0. The summed E-state index contributed by atoms with van der Waals surface area (Å²) in [5.74, 6) is 0. The molecule has 0 saturated heterocycles. The number of carbonyl (C=O) groups excluding carboxylic acids is 1. The van der Waals surface area contributed by atoms with Crippen molar-refractivity contribution in [3.05, 3.63) is 24.3 Å². The van der Waals surface area contributed by atoms with Crippen molar-refractivity contribution in [3.8, 4) is 0 Å². The van der Waals surface area contributed by atoms with Crippen molar-refractivity contribution >= 4 is 23.5 Å². The standard InChI is InChI=1S/C8H11N3OS/c1-13-7-5-3-2-4-6(7)10-11-8(9)12/h2-5,10H,1H3,(H3,9,11,12). The SMILES string of the molecule is CSc1ccccc1NNC(N)=O. The summed E-state index contributed by atoms with van der Waals surface area (Å²) in [6.07, 6.45) is 1.96. The van der Waals surface area contributed by atoms with Crippen LogP contribution in [0.5, 0.6) is 0 Å². The second-order valence-electron chi connectivity index (χ2n) is 2.31. The van der Waals surface area contributed by atoms with Crippen molar-refractivity contribution in [3.63, 3.8) is 0 Å². The number of carbonyl (C=O) groups is 1. The first-order chi connectivity index (χ1) is 6.24. The molecule has 0 saturated carbocycles. The summed E-state index contributed by atoms with van der Waals surface area (Å²) in [6, 6.07) is 7.03. The fraction of sp³-hybridized carbons (Fsp3) is 0.125. The van der Waals surface area contributed by atoms with Gasteiger partial charge in [-0.05, 0) is 18.4 Å². The molecule has 0 fully saturated rings. The zero-order chi connectivity index (χ0) is 9.68. The average Bonchev–Trinajstić information content (AvgIpc) is 2.15. The van der Waals surface area contributed by atoms with Crippen LogP contribution >= 0.6 is 11.8 Å². The molecular weight excluding hydrogens is 186 g/mol. The number of benzene rings is 1. The first-order valence-electron chi connectivity index (χ1n) is 3.68. The van der Waals surface area contributed by atoms with Gasteiger partial charge in [0.2, 0.25) is 0 Å². The zero-order valence-corrected chi connectivity index (χ0v) is 8.02. The molecule has 0 bridgehead atoms. The largest absolute Gasteiger partial charge is 0.350 e. The van der Waals surface area contributed by atoms with Crippen LogP contribution in [-0.4, -0.2) is 12.3 Å². The van der Waals surface area contributed by atoms with Crippen molar-refractivity contribution in [2.75, 3.05) is 11.7 Å². The van der Waals surface area contributed by atoms with Crippen LogP contribution in [0.4, 0.5) is 10.5 Å². The third-order valence-electron chi connectivity index (χ3n) is 1.43. The smallest absolute Gasteiger partial charge is 0.330 e. The predicted molar refractivity (Wildman–Crippen MR) is 54.6 cm³/mol. The van der Waals surface area contributed by atoms with Crippen LogP contribution in [0.15, 0.2) is 29.2 Å². The first-order valence-corrected chi connectivity index (χ1v) is 4.91. The van der Waals surface area contributed by atoms with Gasteiger partial charge in [-0.1, -0.05) is 12.1 Å². The molecule has 2 amide bonds. The molecule has 0 unspecified atom stereocenters. The molecule has 0 aliphatic rings. The Balaban J connectivity index is 2.69. The Bertz CT molecular complexity index is 303. The van der Waals surface area contributed by atoms with Crippen LogP contribution < -0.4 is 16.6 Å². The third-order valence-corrected chi connectivity index (χ3v) is 2.22.